The summed E-state index contributed by atoms with van der Waals surface area (Å²) in [5, 5.41) is 0. The van der Waals surface area contributed by atoms with Crippen molar-refractivity contribution in [2.24, 2.45) is 35.0 Å². The van der Waals surface area contributed by atoms with Crippen molar-refractivity contribution in [2.45, 2.75) is 98.8 Å². The van der Waals surface area contributed by atoms with Crippen LogP contribution >= 0.6 is 0 Å². The second-order valence-electron chi connectivity index (χ2n) is 9.54. The molecule has 2 aliphatic rings. The predicted octanol–water partition coefficient (Wildman–Crippen LogP) is 7.64. The van der Waals surface area contributed by atoms with Gasteiger partial charge in [0.15, 0.2) is 0 Å². The van der Waals surface area contributed by atoms with E-state index in [-0.39, 0.29) is 0 Å². The molecular weight excluding hydrogens is 276 g/mol. The summed E-state index contributed by atoms with van der Waals surface area (Å²) < 4.78 is 0. The first kappa shape index (κ1) is 19.1. The highest BCUT2D eigenvalue weighted by molar-refractivity contribution is 5.03. The lowest BCUT2D eigenvalue weighted by Gasteiger charge is -2.31. The molecule has 0 aromatic carbocycles. The maximum Gasteiger partial charge on any atom is -0.0175 e. The quantitative estimate of drug-likeness (QED) is 0.363. The molecule has 5 unspecified atom stereocenters. The third kappa shape index (κ3) is 5.10. The van der Waals surface area contributed by atoms with E-state index in [4.69, 9.17) is 0 Å². The molecule has 0 aromatic heterocycles. The molecule has 0 aliphatic heterocycles. The molecule has 2 fully saturated rings. The van der Waals surface area contributed by atoms with Crippen LogP contribution in [0.2, 0.25) is 0 Å². The van der Waals surface area contributed by atoms with Crippen molar-refractivity contribution in [1.82, 2.24) is 0 Å². The minimum Gasteiger partial charge on any atom is -0.0996 e. The van der Waals surface area contributed by atoms with Crippen molar-refractivity contribution in [3.63, 3.8) is 0 Å². The first-order valence-corrected chi connectivity index (χ1v) is 10.6. The average molecular weight is 319 g/mol. The summed E-state index contributed by atoms with van der Waals surface area (Å²) in [4.78, 5) is 0. The van der Waals surface area contributed by atoms with E-state index in [0.717, 1.165) is 41.4 Å². The van der Waals surface area contributed by atoms with Crippen LogP contribution in [0.15, 0.2) is 12.2 Å². The standard InChI is InChI=1S/C23H42/c1-7-18(5)22(14-17(3)4)20(8-2)11-9-10-19-12-13-23(6)16-21(23)15-19/h17,19-22H,5,7-16H2,1-4,6H3. The zero-order valence-corrected chi connectivity index (χ0v) is 16.7. The van der Waals surface area contributed by atoms with Gasteiger partial charge in [-0.15, -0.1) is 0 Å². The van der Waals surface area contributed by atoms with Crippen molar-refractivity contribution >= 4 is 0 Å². The second kappa shape index (κ2) is 8.21. The predicted molar refractivity (Wildman–Crippen MR) is 104 cm³/mol. The van der Waals surface area contributed by atoms with Crippen molar-refractivity contribution in [3.05, 3.63) is 12.2 Å². The molecule has 2 aliphatic carbocycles. The zero-order chi connectivity index (χ0) is 17.0. The highest BCUT2D eigenvalue weighted by atomic mass is 14.6. The summed E-state index contributed by atoms with van der Waals surface area (Å²) >= 11 is 0. The van der Waals surface area contributed by atoms with Crippen LogP contribution in [0.3, 0.4) is 0 Å². The van der Waals surface area contributed by atoms with E-state index in [1.54, 1.807) is 6.42 Å². The van der Waals surface area contributed by atoms with Gasteiger partial charge < -0.3 is 0 Å². The van der Waals surface area contributed by atoms with E-state index in [1.807, 2.05) is 0 Å². The topological polar surface area (TPSA) is 0 Å². The Morgan fingerprint density at radius 3 is 2.57 bits per heavy atom. The van der Waals surface area contributed by atoms with Gasteiger partial charge >= 0.3 is 0 Å². The molecule has 0 amide bonds. The molecule has 0 bridgehead atoms. The molecule has 0 nitrogen and oxygen atoms in total. The van der Waals surface area contributed by atoms with E-state index in [0.29, 0.717) is 0 Å². The van der Waals surface area contributed by atoms with Crippen LogP contribution in [0.5, 0.6) is 0 Å². The SMILES string of the molecule is C=C(CC)C(CC(C)C)C(CC)CCCC1CCC2(C)CC2C1. The van der Waals surface area contributed by atoms with Crippen LogP contribution in [0.1, 0.15) is 98.8 Å². The van der Waals surface area contributed by atoms with Crippen molar-refractivity contribution in [3.8, 4) is 0 Å². The van der Waals surface area contributed by atoms with Gasteiger partial charge in [0.05, 0.1) is 0 Å². The molecule has 0 heterocycles. The van der Waals surface area contributed by atoms with E-state index in [2.05, 4.69) is 41.2 Å². The number of fused-ring (bicyclic) bond motifs is 1. The Hall–Kier alpha value is -0.260. The van der Waals surface area contributed by atoms with Crippen LogP contribution in [-0.4, -0.2) is 0 Å². The molecule has 0 aromatic rings. The minimum absolute atomic E-state index is 0.767. The number of allylic oxidation sites excluding steroid dienone is 1. The molecule has 5 atom stereocenters. The fourth-order valence-electron chi connectivity index (χ4n) is 5.32. The lowest BCUT2D eigenvalue weighted by atomic mass is 9.75. The highest BCUT2D eigenvalue weighted by Crippen LogP contribution is 2.62. The van der Waals surface area contributed by atoms with E-state index in [1.165, 1.54) is 56.9 Å². The summed E-state index contributed by atoms with van der Waals surface area (Å²) in [5.41, 5.74) is 2.29. The van der Waals surface area contributed by atoms with Gasteiger partial charge in [0, 0.05) is 0 Å². The number of rotatable bonds is 10. The Kier molecular flexibility index (Phi) is 6.81. The van der Waals surface area contributed by atoms with Gasteiger partial charge in [-0.3, -0.25) is 0 Å². The summed E-state index contributed by atoms with van der Waals surface area (Å²) in [7, 11) is 0. The number of hydrogen-bond acceptors (Lipinski definition) is 0. The minimum atomic E-state index is 0.767. The monoisotopic (exact) mass is 318 g/mol. The first-order chi connectivity index (χ1) is 10.9. The summed E-state index contributed by atoms with van der Waals surface area (Å²) in [5.74, 6) is 4.58. The molecule has 2 rings (SSSR count). The van der Waals surface area contributed by atoms with Crippen LogP contribution < -0.4 is 0 Å². The van der Waals surface area contributed by atoms with Gasteiger partial charge in [-0.05, 0) is 80.0 Å². The summed E-state index contributed by atoms with van der Waals surface area (Å²) in [6, 6.07) is 0. The van der Waals surface area contributed by atoms with Gasteiger partial charge in [0.2, 0.25) is 0 Å². The third-order valence-electron chi connectivity index (χ3n) is 7.26. The van der Waals surface area contributed by atoms with Gasteiger partial charge in [0.25, 0.3) is 0 Å². The fraction of sp³-hybridized carbons (Fsp3) is 0.913. The fourth-order valence-corrected chi connectivity index (χ4v) is 5.32. The molecule has 134 valence electrons. The Morgan fingerprint density at radius 1 is 1.26 bits per heavy atom. The van der Waals surface area contributed by atoms with Crippen molar-refractivity contribution < 1.29 is 0 Å². The Bertz CT molecular complexity index is 379. The molecule has 0 N–H and O–H groups in total. The first-order valence-electron chi connectivity index (χ1n) is 10.6. The molecule has 0 spiro atoms. The lowest BCUT2D eigenvalue weighted by molar-refractivity contribution is 0.242. The third-order valence-corrected chi connectivity index (χ3v) is 7.26. The van der Waals surface area contributed by atoms with E-state index < -0.39 is 0 Å². The molecule has 0 radical (unpaired) electrons. The van der Waals surface area contributed by atoms with Crippen molar-refractivity contribution in [2.75, 3.05) is 0 Å². The normalized spacial score (nSPS) is 32.4. The molecule has 0 saturated heterocycles. The van der Waals surface area contributed by atoms with Crippen LogP contribution in [0.25, 0.3) is 0 Å². The molecule has 2 saturated carbocycles. The smallest absolute Gasteiger partial charge is 0.0175 e. The maximum atomic E-state index is 4.42. The molecule has 0 heteroatoms. The van der Waals surface area contributed by atoms with E-state index in [9.17, 15) is 0 Å². The van der Waals surface area contributed by atoms with Gasteiger partial charge in [0.1, 0.15) is 0 Å². The largest absolute Gasteiger partial charge is 0.0996 e. The number of hydrogen-bond donors (Lipinski definition) is 0. The summed E-state index contributed by atoms with van der Waals surface area (Å²) in [6.45, 7) is 16.4. The van der Waals surface area contributed by atoms with Crippen LogP contribution in [-0.2, 0) is 0 Å². The maximum absolute atomic E-state index is 4.42. The highest BCUT2D eigenvalue weighted by Gasteiger charge is 2.52. The van der Waals surface area contributed by atoms with Crippen LogP contribution in [0.4, 0.5) is 0 Å². The lowest BCUT2D eigenvalue weighted by Crippen LogP contribution is -2.19. The Balaban J connectivity index is 1.77. The Labute approximate surface area is 146 Å². The van der Waals surface area contributed by atoms with Gasteiger partial charge in [-0.25, -0.2) is 0 Å². The summed E-state index contributed by atoms with van der Waals surface area (Å²) in [6.07, 6.45) is 14.3. The van der Waals surface area contributed by atoms with Crippen LogP contribution in [0, 0.1) is 35.0 Å². The molecular formula is C23H42. The Morgan fingerprint density at radius 2 is 2.00 bits per heavy atom. The van der Waals surface area contributed by atoms with E-state index >= 15 is 0 Å². The molecule has 23 heavy (non-hydrogen) atoms. The average Bonchev–Trinajstić information content (AvgIpc) is 3.19. The zero-order valence-electron chi connectivity index (χ0n) is 16.7. The van der Waals surface area contributed by atoms with Gasteiger partial charge in [-0.1, -0.05) is 66.0 Å². The van der Waals surface area contributed by atoms with Gasteiger partial charge in [-0.2, -0.15) is 0 Å². The second-order valence-corrected chi connectivity index (χ2v) is 9.54. The van der Waals surface area contributed by atoms with Crippen molar-refractivity contribution in [1.29, 1.82) is 0 Å².